The third kappa shape index (κ3) is 4.57. The van der Waals surface area contributed by atoms with E-state index >= 15 is 0 Å². The van der Waals surface area contributed by atoms with Gasteiger partial charge in [-0.1, -0.05) is 42.3 Å². The number of carbonyl (C=O) groups excluding carboxylic acids is 1. The summed E-state index contributed by atoms with van der Waals surface area (Å²) in [5, 5.41) is 2.92. The molecular formula is C21H26N2O3S. The first-order chi connectivity index (χ1) is 12.9. The molecule has 3 rings (SSSR count). The number of piperidine rings is 1. The van der Waals surface area contributed by atoms with Crippen molar-refractivity contribution >= 4 is 21.6 Å². The van der Waals surface area contributed by atoms with Gasteiger partial charge in [0, 0.05) is 24.7 Å². The van der Waals surface area contributed by atoms with Crippen LogP contribution in [0.2, 0.25) is 0 Å². The fourth-order valence-corrected chi connectivity index (χ4v) is 5.16. The van der Waals surface area contributed by atoms with Gasteiger partial charge in [-0.25, -0.2) is 8.42 Å². The van der Waals surface area contributed by atoms with Crippen molar-refractivity contribution in [3.8, 4) is 0 Å². The molecule has 1 amide bonds. The first kappa shape index (κ1) is 19.6. The Balaban J connectivity index is 1.76. The predicted octanol–water partition coefficient (Wildman–Crippen LogP) is 3.88. The molecule has 1 N–H and O–H groups in total. The van der Waals surface area contributed by atoms with Crippen LogP contribution >= 0.6 is 0 Å². The Bertz CT molecular complexity index is 907. The number of benzene rings is 2. The average molecular weight is 387 g/mol. The smallest absolute Gasteiger partial charge is 0.243 e. The zero-order valence-electron chi connectivity index (χ0n) is 15.8. The van der Waals surface area contributed by atoms with Crippen LogP contribution < -0.4 is 5.32 Å². The minimum absolute atomic E-state index is 0.152. The zero-order chi connectivity index (χ0) is 19.4. The van der Waals surface area contributed by atoms with E-state index in [4.69, 9.17) is 0 Å². The van der Waals surface area contributed by atoms with E-state index < -0.39 is 10.0 Å². The van der Waals surface area contributed by atoms with Crippen LogP contribution in [0.4, 0.5) is 5.69 Å². The van der Waals surface area contributed by atoms with Crippen molar-refractivity contribution in [2.45, 2.75) is 50.5 Å². The predicted molar refractivity (Wildman–Crippen MR) is 107 cm³/mol. The van der Waals surface area contributed by atoms with Crippen LogP contribution in [0.3, 0.4) is 0 Å². The SMILES string of the molecule is Cc1ccc(S(=O)(=O)N2CCCC[C@@H]2CC(=O)Nc2ccccc2C)cc1. The molecule has 1 fully saturated rings. The molecule has 1 heterocycles. The van der Waals surface area contributed by atoms with Gasteiger partial charge < -0.3 is 5.32 Å². The zero-order valence-corrected chi connectivity index (χ0v) is 16.6. The molecule has 0 radical (unpaired) electrons. The van der Waals surface area contributed by atoms with Crippen molar-refractivity contribution in [2.75, 3.05) is 11.9 Å². The molecule has 1 aliphatic rings. The van der Waals surface area contributed by atoms with Crippen LogP contribution in [0.15, 0.2) is 53.4 Å². The Labute approximate surface area is 161 Å². The molecule has 1 aliphatic heterocycles. The topological polar surface area (TPSA) is 66.5 Å². The second-order valence-corrected chi connectivity index (χ2v) is 9.04. The Morgan fingerprint density at radius 1 is 1.07 bits per heavy atom. The van der Waals surface area contributed by atoms with E-state index in [1.165, 1.54) is 4.31 Å². The van der Waals surface area contributed by atoms with Gasteiger partial charge >= 0.3 is 0 Å². The van der Waals surface area contributed by atoms with Gasteiger partial charge in [-0.15, -0.1) is 0 Å². The Hall–Kier alpha value is -2.18. The highest BCUT2D eigenvalue weighted by atomic mass is 32.2. The molecule has 0 spiro atoms. The summed E-state index contributed by atoms with van der Waals surface area (Å²) in [6.07, 6.45) is 2.62. The van der Waals surface area contributed by atoms with E-state index in [9.17, 15) is 13.2 Å². The lowest BCUT2D eigenvalue weighted by Crippen LogP contribution is -2.45. The maximum atomic E-state index is 13.1. The van der Waals surface area contributed by atoms with Gasteiger partial charge in [0.1, 0.15) is 0 Å². The van der Waals surface area contributed by atoms with Gasteiger partial charge in [-0.05, 0) is 50.5 Å². The molecule has 2 aromatic carbocycles. The number of carbonyl (C=O) groups is 1. The van der Waals surface area contributed by atoms with Gasteiger partial charge in [-0.3, -0.25) is 4.79 Å². The number of hydrogen-bond donors (Lipinski definition) is 1. The van der Waals surface area contributed by atoms with Gasteiger partial charge in [0.2, 0.25) is 15.9 Å². The molecule has 5 nitrogen and oxygen atoms in total. The van der Waals surface area contributed by atoms with Gasteiger partial charge in [0.05, 0.1) is 4.90 Å². The Kier molecular flexibility index (Phi) is 5.97. The lowest BCUT2D eigenvalue weighted by molar-refractivity contribution is -0.117. The van der Waals surface area contributed by atoms with Crippen molar-refractivity contribution in [3.63, 3.8) is 0 Å². The quantitative estimate of drug-likeness (QED) is 0.848. The molecule has 0 aliphatic carbocycles. The van der Waals surface area contributed by atoms with E-state index in [-0.39, 0.29) is 18.4 Å². The fraction of sp³-hybridized carbons (Fsp3) is 0.381. The van der Waals surface area contributed by atoms with E-state index in [2.05, 4.69) is 5.32 Å². The summed E-state index contributed by atoms with van der Waals surface area (Å²) in [7, 11) is -3.60. The molecular weight excluding hydrogens is 360 g/mol. The summed E-state index contributed by atoms with van der Waals surface area (Å²) in [6, 6.07) is 14.2. The standard InChI is InChI=1S/C21H26N2O3S/c1-16-10-12-19(13-11-16)27(25,26)23-14-6-5-8-18(23)15-21(24)22-20-9-4-3-7-17(20)2/h3-4,7,9-13,18H,5-6,8,14-15H2,1-2H3,(H,22,24)/t18-/m1/s1. The van der Waals surface area contributed by atoms with E-state index in [1.807, 2.05) is 38.1 Å². The number of nitrogens with one attached hydrogen (secondary N) is 1. The van der Waals surface area contributed by atoms with Crippen molar-refractivity contribution in [1.82, 2.24) is 4.31 Å². The number of rotatable bonds is 5. The molecule has 1 atom stereocenters. The van der Waals surface area contributed by atoms with Crippen molar-refractivity contribution in [3.05, 3.63) is 59.7 Å². The summed E-state index contributed by atoms with van der Waals surface area (Å²) in [5.74, 6) is -0.152. The van der Waals surface area contributed by atoms with Crippen LogP contribution in [0.1, 0.15) is 36.8 Å². The molecule has 0 unspecified atom stereocenters. The maximum Gasteiger partial charge on any atom is 0.243 e. The average Bonchev–Trinajstić information content (AvgIpc) is 2.64. The normalized spacial score (nSPS) is 18.2. The number of amides is 1. The number of para-hydroxylation sites is 1. The second-order valence-electron chi connectivity index (χ2n) is 7.15. The van der Waals surface area contributed by atoms with Crippen LogP contribution in [-0.2, 0) is 14.8 Å². The van der Waals surface area contributed by atoms with Crippen LogP contribution in [-0.4, -0.2) is 31.2 Å². The van der Waals surface area contributed by atoms with Crippen LogP contribution in [0, 0.1) is 13.8 Å². The molecule has 144 valence electrons. The number of hydrogen-bond acceptors (Lipinski definition) is 3. The van der Waals surface area contributed by atoms with Crippen molar-refractivity contribution in [2.24, 2.45) is 0 Å². The number of nitrogens with zero attached hydrogens (tertiary/aromatic N) is 1. The van der Waals surface area contributed by atoms with Crippen LogP contribution in [0.25, 0.3) is 0 Å². The highest BCUT2D eigenvalue weighted by molar-refractivity contribution is 7.89. The molecule has 0 aromatic heterocycles. The summed E-state index contributed by atoms with van der Waals surface area (Å²) < 4.78 is 27.7. The van der Waals surface area contributed by atoms with E-state index in [0.717, 1.165) is 29.7 Å². The third-order valence-corrected chi connectivity index (χ3v) is 7.01. The lowest BCUT2D eigenvalue weighted by atomic mass is 10.0. The van der Waals surface area contributed by atoms with Crippen molar-refractivity contribution in [1.29, 1.82) is 0 Å². The Morgan fingerprint density at radius 3 is 2.48 bits per heavy atom. The molecule has 2 aromatic rings. The minimum Gasteiger partial charge on any atom is -0.326 e. The molecule has 6 heteroatoms. The summed E-state index contributed by atoms with van der Waals surface area (Å²) in [4.78, 5) is 12.8. The first-order valence-electron chi connectivity index (χ1n) is 9.32. The highest BCUT2D eigenvalue weighted by Gasteiger charge is 2.34. The summed E-state index contributed by atoms with van der Waals surface area (Å²) >= 11 is 0. The second kappa shape index (κ2) is 8.23. The molecule has 1 saturated heterocycles. The van der Waals surface area contributed by atoms with Crippen molar-refractivity contribution < 1.29 is 13.2 Å². The van der Waals surface area contributed by atoms with E-state index in [0.29, 0.717) is 17.9 Å². The Morgan fingerprint density at radius 2 is 1.78 bits per heavy atom. The fourth-order valence-electron chi connectivity index (χ4n) is 3.47. The summed E-state index contributed by atoms with van der Waals surface area (Å²) in [6.45, 7) is 4.32. The highest BCUT2D eigenvalue weighted by Crippen LogP contribution is 2.27. The number of anilines is 1. The largest absolute Gasteiger partial charge is 0.326 e. The monoisotopic (exact) mass is 386 g/mol. The van der Waals surface area contributed by atoms with Gasteiger partial charge in [0.25, 0.3) is 0 Å². The molecule has 0 saturated carbocycles. The minimum atomic E-state index is -3.60. The van der Waals surface area contributed by atoms with Gasteiger partial charge in [-0.2, -0.15) is 4.31 Å². The molecule has 27 heavy (non-hydrogen) atoms. The van der Waals surface area contributed by atoms with Gasteiger partial charge in [0.15, 0.2) is 0 Å². The first-order valence-corrected chi connectivity index (χ1v) is 10.8. The van der Waals surface area contributed by atoms with E-state index in [1.54, 1.807) is 24.3 Å². The number of aryl methyl sites for hydroxylation is 2. The maximum absolute atomic E-state index is 13.1. The van der Waals surface area contributed by atoms with Crippen LogP contribution in [0.5, 0.6) is 0 Å². The molecule has 0 bridgehead atoms. The lowest BCUT2D eigenvalue weighted by Gasteiger charge is -2.34. The number of sulfonamides is 1. The summed E-state index contributed by atoms with van der Waals surface area (Å²) in [5.41, 5.74) is 2.77. The third-order valence-electron chi connectivity index (χ3n) is 5.04.